The van der Waals surface area contributed by atoms with Gasteiger partial charge in [0, 0.05) is 18.5 Å². The first-order chi connectivity index (χ1) is 14.1. The molecule has 164 valence electrons. The Kier molecular flexibility index (Phi) is 7.72. The molecule has 2 aromatic carbocycles. The molecule has 0 spiro atoms. The third-order valence-corrected chi connectivity index (χ3v) is 5.78. The van der Waals surface area contributed by atoms with Crippen molar-refractivity contribution in [2.45, 2.75) is 45.2 Å². The number of rotatable bonds is 9. The zero-order chi connectivity index (χ0) is 22.5. The van der Waals surface area contributed by atoms with Crippen molar-refractivity contribution in [1.82, 2.24) is 4.90 Å². The number of carbonyl (C=O) groups is 1. The van der Waals surface area contributed by atoms with Gasteiger partial charge in [-0.2, -0.15) is 8.42 Å². The maximum Gasteiger partial charge on any atom is 0.339 e. The minimum absolute atomic E-state index is 0.00505. The summed E-state index contributed by atoms with van der Waals surface area (Å²) >= 11 is 0. The van der Waals surface area contributed by atoms with Crippen LogP contribution < -0.4 is 13.7 Å². The SMILES string of the molecule is COc1ccc(S(=O)(=O)Oc2cc(CN(C(=O)C(C)C)C(C)C)ccc2OC)cc1. The summed E-state index contributed by atoms with van der Waals surface area (Å²) in [6.07, 6.45) is 0. The standard InChI is InChI=1S/C22H29NO6S/c1-15(2)22(24)23(16(3)4)14-17-7-12-20(28-6)21(13-17)29-30(25,26)19-10-8-18(27-5)9-11-19/h7-13,15-16H,14H2,1-6H3. The van der Waals surface area contributed by atoms with Gasteiger partial charge in [-0.15, -0.1) is 0 Å². The highest BCUT2D eigenvalue weighted by molar-refractivity contribution is 7.87. The second-order valence-corrected chi connectivity index (χ2v) is 8.96. The van der Waals surface area contributed by atoms with Crippen molar-refractivity contribution in [2.24, 2.45) is 5.92 Å². The van der Waals surface area contributed by atoms with E-state index in [-0.39, 0.29) is 34.3 Å². The van der Waals surface area contributed by atoms with Crippen LogP contribution in [-0.4, -0.2) is 39.5 Å². The maximum absolute atomic E-state index is 12.7. The van der Waals surface area contributed by atoms with Gasteiger partial charge >= 0.3 is 10.1 Å². The fourth-order valence-electron chi connectivity index (χ4n) is 2.84. The van der Waals surface area contributed by atoms with E-state index >= 15 is 0 Å². The molecule has 2 aromatic rings. The van der Waals surface area contributed by atoms with Gasteiger partial charge in [0.25, 0.3) is 0 Å². The molecule has 0 atom stereocenters. The van der Waals surface area contributed by atoms with Crippen LogP contribution in [0.25, 0.3) is 0 Å². The summed E-state index contributed by atoms with van der Waals surface area (Å²) in [6.45, 7) is 7.91. The van der Waals surface area contributed by atoms with Crippen LogP contribution in [0.3, 0.4) is 0 Å². The number of carbonyl (C=O) groups excluding carboxylic acids is 1. The number of hydrogen-bond acceptors (Lipinski definition) is 6. The lowest BCUT2D eigenvalue weighted by Gasteiger charge is -2.29. The molecule has 30 heavy (non-hydrogen) atoms. The number of benzene rings is 2. The van der Waals surface area contributed by atoms with Gasteiger partial charge in [-0.05, 0) is 55.8 Å². The molecule has 0 saturated carbocycles. The van der Waals surface area contributed by atoms with E-state index in [1.54, 1.807) is 35.2 Å². The Hall–Kier alpha value is -2.74. The quantitative estimate of drug-likeness (QED) is 0.556. The van der Waals surface area contributed by atoms with Crippen LogP contribution in [0.4, 0.5) is 0 Å². The summed E-state index contributed by atoms with van der Waals surface area (Å²) < 4.78 is 41.2. The molecule has 1 amide bonds. The van der Waals surface area contributed by atoms with Gasteiger partial charge in [0.15, 0.2) is 11.5 Å². The summed E-state index contributed by atoms with van der Waals surface area (Å²) in [5, 5.41) is 0. The first kappa shape index (κ1) is 23.5. The fourth-order valence-corrected chi connectivity index (χ4v) is 3.77. The van der Waals surface area contributed by atoms with E-state index < -0.39 is 10.1 Å². The topological polar surface area (TPSA) is 82.1 Å². The van der Waals surface area contributed by atoms with E-state index in [1.165, 1.54) is 26.4 Å². The lowest BCUT2D eigenvalue weighted by atomic mass is 10.1. The van der Waals surface area contributed by atoms with Crippen molar-refractivity contribution in [3.05, 3.63) is 48.0 Å². The Balaban J connectivity index is 2.34. The molecule has 0 heterocycles. The molecule has 0 saturated heterocycles. The summed E-state index contributed by atoms with van der Waals surface area (Å²) in [5.41, 5.74) is 0.735. The molecule has 0 unspecified atom stereocenters. The van der Waals surface area contributed by atoms with Gasteiger partial charge in [0.05, 0.1) is 14.2 Å². The van der Waals surface area contributed by atoms with E-state index in [0.29, 0.717) is 12.3 Å². The van der Waals surface area contributed by atoms with E-state index in [9.17, 15) is 13.2 Å². The van der Waals surface area contributed by atoms with Crippen molar-refractivity contribution in [3.63, 3.8) is 0 Å². The van der Waals surface area contributed by atoms with Crippen LogP contribution in [0.15, 0.2) is 47.4 Å². The lowest BCUT2D eigenvalue weighted by Crippen LogP contribution is -2.38. The Morgan fingerprint density at radius 3 is 2.07 bits per heavy atom. The molecule has 0 fully saturated rings. The van der Waals surface area contributed by atoms with E-state index in [4.69, 9.17) is 13.7 Å². The first-order valence-corrected chi connectivity index (χ1v) is 11.1. The molecule has 8 heteroatoms. The van der Waals surface area contributed by atoms with Gasteiger partial charge in [-0.25, -0.2) is 0 Å². The zero-order valence-corrected chi connectivity index (χ0v) is 19.0. The van der Waals surface area contributed by atoms with Gasteiger partial charge in [-0.1, -0.05) is 19.9 Å². The summed E-state index contributed by atoms with van der Waals surface area (Å²) in [4.78, 5) is 14.3. The molecule has 0 aromatic heterocycles. The molecule has 7 nitrogen and oxygen atoms in total. The van der Waals surface area contributed by atoms with Crippen LogP contribution >= 0.6 is 0 Å². The predicted octanol–water partition coefficient (Wildman–Crippen LogP) is 3.86. The van der Waals surface area contributed by atoms with Crippen molar-refractivity contribution >= 4 is 16.0 Å². The Morgan fingerprint density at radius 1 is 0.933 bits per heavy atom. The van der Waals surface area contributed by atoms with Gasteiger partial charge in [0.1, 0.15) is 10.6 Å². The molecular weight excluding hydrogens is 406 g/mol. The fraction of sp³-hybridized carbons (Fsp3) is 0.409. The Bertz CT molecular complexity index is 968. The second-order valence-electron chi connectivity index (χ2n) is 7.41. The highest BCUT2D eigenvalue weighted by Gasteiger charge is 2.23. The van der Waals surface area contributed by atoms with Gasteiger partial charge in [0.2, 0.25) is 5.91 Å². The van der Waals surface area contributed by atoms with Crippen molar-refractivity contribution < 1.29 is 26.9 Å². The average Bonchev–Trinajstić information content (AvgIpc) is 2.71. The monoisotopic (exact) mass is 435 g/mol. The van der Waals surface area contributed by atoms with Gasteiger partial charge < -0.3 is 18.6 Å². The maximum atomic E-state index is 12.7. The zero-order valence-electron chi connectivity index (χ0n) is 18.2. The van der Waals surface area contributed by atoms with Crippen LogP contribution in [-0.2, 0) is 21.5 Å². The molecule has 2 rings (SSSR count). The normalized spacial score (nSPS) is 11.5. The Labute approximate surface area is 178 Å². The van der Waals surface area contributed by atoms with Crippen LogP contribution in [0.5, 0.6) is 17.2 Å². The second kappa shape index (κ2) is 9.84. The lowest BCUT2D eigenvalue weighted by molar-refractivity contribution is -0.136. The largest absolute Gasteiger partial charge is 0.497 e. The predicted molar refractivity (Wildman–Crippen MR) is 114 cm³/mol. The molecule has 0 N–H and O–H groups in total. The third-order valence-electron chi connectivity index (χ3n) is 4.53. The van der Waals surface area contributed by atoms with Gasteiger partial charge in [-0.3, -0.25) is 4.79 Å². The number of hydrogen-bond donors (Lipinski definition) is 0. The summed E-state index contributed by atoms with van der Waals surface area (Å²) in [5.74, 6) is 0.761. The molecule has 0 aliphatic rings. The average molecular weight is 436 g/mol. The van der Waals surface area contributed by atoms with E-state index in [2.05, 4.69) is 0 Å². The molecule has 0 aliphatic carbocycles. The molecule has 0 aliphatic heterocycles. The molecule has 0 radical (unpaired) electrons. The van der Waals surface area contributed by atoms with Crippen molar-refractivity contribution in [1.29, 1.82) is 0 Å². The molecular formula is C22H29NO6S. The van der Waals surface area contributed by atoms with Crippen LogP contribution in [0.2, 0.25) is 0 Å². The minimum atomic E-state index is -4.08. The summed E-state index contributed by atoms with van der Waals surface area (Å²) in [6, 6.07) is 10.9. The smallest absolute Gasteiger partial charge is 0.339 e. The number of ether oxygens (including phenoxy) is 2. The van der Waals surface area contributed by atoms with Crippen molar-refractivity contribution in [2.75, 3.05) is 14.2 Å². The van der Waals surface area contributed by atoms with E-state index in [1.807, 2.05) is 27.7 Å². The highest BCUT2D eigenvalue weighted by atomic mass is 32.2. The summed E-state index contributed by atoms with van der Waals surface area (Å²) in [7, 11) is -1.14. The van der Waals surface area contributed by atoms with Crippen LogP contribution in [0.1, 0.15) is 33.3 Å². The number of amides is 1. The number of nitrogens with zero attached hydrogens (tertiary/aromatic N) is 1. The van der Waals surface area contributed by atoms with E-state index in [0.717, 1.165) is 5.56 Å². The molecule has 0 bridgehead atoms. The first-order valence-electron chi connectivity index (χ1n) is 9.65. The highest BCUT2D eigenvalue weighted by Crippen LogP contribution is 2.32. The minimum Gasteiger partial charge on any atom is -0.497 e. The van der Waals surface area contributed by atoms with Crippen molar-refractivity contribution in [3.8, 4) is 17.2 Å². The third kappa shape index (κ3) is 5.66. The number of methoxy groups -OCH3 is 2. The Morgan fingerprint density at radius 2 is 1.57 bits per heavy atom. The van der Waals surface area contributed by atoms with Crippen LogP contribution in [0, 0.1) is 5.92 Å².